The molecule has 1 aromatic rings. The van der Waals surface area contributed by atoms with Crippen LogP contribution in [0.15, 0.2) is 29.2 Å². The summed E-state index contributed by atoms with van der Waals surface area (Å²) in [5, 5.41) is 0. The highest BCUT2D eigenvalue weighted by molar-refractivity contribution is 7.85. The van der Waals surface area contributed by atoms with E-state index in [0.717, 1.165) is 16.4 Å². The zero-order valence-corrected chi connectivity index (χ0v) is 9.07. The number of rotatable bonds is 2. The lowest BCUT2D eigenvalue weighted by Crippen LogP contribution is -2.27. The van der Waals surface area contributed by atoms with Crippen LogP contribution < -0.4 is 10.0 Å². The fourth-order valence-corrected chi connectivity index (χ4v) is 1.50. The van der Waals surface area contributed by atoms with Crippen molar-refractivity contribution < 1.29 is 17.8 Å². The van der Waals surface area contributed by atoms with Crippen molar-refractivity contribution in [1.82, 2.24) is 0 Å². The second-order valence-corrected chi connectivity index (χ2v) is 4.44. The van der Waals surface area contributed by atoms with Crippen LogP contribution in [0.5, 0.6) is 0 Å². The zero-order chi connectivity index (χ0) is 11.6. The summed E-state index contributed by atoms with van der Waals surface area (Å²) in [6, 6.07) is 4.06. The van der Waals surface area contributed by atoms with Gasteiger partial charge < -0.3 is 5.73 Å². The Bertz CT molecular complexity index is 468. The van der Waals surface area contributed by atoms with Crippen molar-refractivity contribution in [1.29, 1.82) is 0 Å². The molecule has 0 saturated heterocycles. The van der Waals surface area contributed by atoms with Crippen LogP contribution in [0.4, 0.5) is 10.5 Å². The van der Waals surface area contributed by atoms with E-state index in [1.165, 1.54) is 12.1 Å². The quantitative estimate of drug-likeness (QED) is 0.528. The summed E-state index contributed by atoms with van der Waals surface area (Å²) in [5.74, 6) is 0. The average molecular weight is 248 g/mol. The number of thiol groups is 1. The number of primary amides is 1. The fraction of sp³-hybridized carbons (Fsp3) is 0. The summed E-state index contributed by atoms with van der Waals surface area (Å²) in [6.45, 7) is 0. The third-order valence-corrected chi connectivity index (χ3v) is 2.88. The molecule has 0 unspecified atom stereocenters. The largest absolute Gasteiger partial charge is 0.350 e. The van der Waals surface area contributed by atoms with Gasteiger partial charge in [-0.25, -0.2) is 9.10 Å². The Morgan fingerprint density at radius 1 is 1.33 bits per heavy atom. The molecule has 0 heterocycles. The van der Waals surface area contributed by atoms with E-state index in [1.54, 1.807) is 0 Å². The highest BCUT2D eigenvalue weighted by atomic mass is 32.2. The van der Waals surface area contributed by atoms with E-state index < -0.39 is 16.1 Å². The number of carbonyl (C=O) groups is 1. The molecule has 3 N–H and O–H groups in total. The van der Waals surface area contributed by atoms with Crippen LogP contribution in [-0.2, 0) is 10.1 Å². The van der Waals surface area contributed by atoms with Gasteiger partial charge in [0.15, 0.2) is 0 Å². The number of benzene rings is 1. The average Bonchev–Trinajstić information content (AvgIpc) is 2.15. The Hall–Kier alpha value is -1.25. The molecule has 0 radical (unpaired) electrons. The lowest BCUT2D eigenvalue weighted by molar-refractivity contribution is 0.257. The Balaban J connectivity index is 3.06. The van der Waals surface area contributed by atoms with Gasteiger partial charge in [0, 0.05) is 0 Å². The number of nitrogens with two attached hydrogens (primary N) is 1. The molecule has 2 amide bonds. The van der Waals surface area contributed by atoms with Gasteiger partial charge in [-0.2, -0.15) is 8.42 Å². The van der Waals surface area contributed by atoms with Gasteiger partial charge in [-0.1, -0.05) is 12.8 Å². The molecule has 82 valence electrons. The first-order valence-electron chi connectivity index (χ1n) is 3.68. The van der Waals surface area contributed by atoms with Crippen LogP contribution in [-0.4, -0.2) is 19.0 Å². The monoisotopic (exact) mass is 248 g/mol. The Labute approximate surface area is 92.0 Å². The van der Waals surface area contributed by atoms with Crippen molar-refractivity contribution in [3.05, 3.63) is 24.3 Å². The standard InChI is InChI=1S/C7H8N2O4S2/c8-7(10)9(14)5-1-3-6(4-2-5)15(11,12)13/h1-4,14H,(H2,8,10)(H,11,12,13). The molecule has 0 aromatic heterocycles. The van der Waals surface area contributed by atoms with Crippen LogP contribution in [0.2, 0.25) is 0 Å². The van der Waals surface area contributed by atoms with E-state index in [4.69, 9.17) is 10.3 Å². The van der Waals surface area contributed by atoms with E-state index in [2.05, 4.69) is 12.8 Å². The Kier molecular flexibility index (Phi) is 3.22. The van der Waals surface area contributed by atoms with E-state index in [1.807, 2.05) is 0 Å². The maximum atomic E-state index is 10.7. The number of hydrogen-bond donors (Lipinski definition) is 3. The second kappa shape index (κ2) is 4.09. The molecule has 0 atom stereocenters. The smallest absolute Gasteiger partial charge is 0.329 e. The van der Waals surface area contributed by atoms with Gasteiger partial charge in [-0.3, -0.25) is 4.55 Å². The summed E-state index contributed by atoms with van der Waals surface area (Å²) >= 11 is 3.77. The van der Waals surface area contributed by atoms with Crippen LogP contribution in [0.25, 0.3) is 0 Å². The minimum atomic E-state index is -4.23. The number of nitrogens with zero attached hydrogens (tertiary/aromatic N) is 1. The van der Waals surface area contributed by atoms with E-state index in [-0.39, 0.29) is 4.90 Å². The molecular weight excluding hydrogens is 240 g/mol. The molecular formula is C7H8N2O4S2. The van der Waals surface area contributed by atoms with E-state index >= 15 is 0 Å². The zero-order valence-electron chi connectivity index (χ0n) is 7.36. The number of amides is 2. The number of anilines is 1. The molecule has 0 aliphatic rings. The minimum Gasteiger partial charge on any atom is -0.350 e. The lowest BCUT2D eigenvalue weighted by atomic mass is 10.3. The second-order valence-electron chi connectivity index (χ2n) is 2.62. The third-order valence-electron chi connectivity index (χ3n) is 1.59. The van der Waals surface area contributed by atoms with Gasteiger partial charge in [-0.15, -0.1) is 0 Å². The molecule has 0 aliphatic heterocycles. The van der Waals surface area contributed by atoms with Crippen molar-refractivity contribution in [3.63, 3.8) is 0 Å². The van der Waals surface area contributed by atoms with E-state index in [0.29, 0.717) is 5.69 Å². The first-order valence-corrected chi connectivity index (χ1v) is 5.52. The molecule has 1 aromatic carbocycles. The first-order chi connectivity index (χ1) is 6.82. The van der Waals surface area contributed by atoms with Gasteiger partial charge in [0.2, 0.25) is 0 Å². The van der Waals surface area contributed by atoms with Crippen molar-refractivity contribution in [3.8, 4) is 0 Å². The lowest BCUT2D eigenvalue weighted by Gasteiger charge is -2.12. The van der Waals surface area contributed by atoms with Crippen LogP contribution in [0.1, 0.15) is 0 Å². The van der Waals surface area contributed by atoms with Crippen LogP contribution in [0, 0.1) is 0 Å². The summed E-state index contributed by atoms with van der Waals surface area (Å²) in [5.41, 5.74) is 5.24. The third kappa shape index (κ3) is 2.85. The number of urea groups is 1. The molecule has 15 heavy (non-hydrogen) atoms. The molecule has 8 heteroatoms. The molecule has 0 spiro atoms. The summed E-state index contributed by atoms with van der Waals surface area (Å²) in [7, 11) is -4.23. The fourth-order valence-electron chi connectivity index (χ4n) is 0.887. The highest BCUT2D eigenvalue weighted by Crippen LogP contribution is 2.18. The highest BCUT2D eigenvalue weighted by Gasteiger charge is 2.11. The van der Waals surface area contributed by atoms with Gasteiger partial charge in [-0.05, 0) is 24.3 Å². The molecule has 0 bridgehead atoms. The minimum absolute atomic E-state index is 0.266. The predicted octanol–water partition coefficient (Wildman–Crippen LogP) is 0.663. The summed E-state index contributed by atoms with van der Waals surface area (Å²) < 4.78 is 30.9. The first kappa shape index (κ1) is 11.8. The van der Waals surface area contributed by atoms with Gasteiger partial charge >= 0.3 is 6.03 Å². The van der Waals surface area contributed by atoms with Gasteiger partial charge in [0.05, 0.1) is 10.6 Å². The molecule has 0 aliphatic carbocycles. The van der Waals surface area contributed by atoms with Crippen LogP contribution in [0.3, 0.4) is 0 Å². The number of carbonyl (C=O) groups excluding carboxylic acids is 1. The SMILES string of the molecule is NC(=O)N(S)c1ccc(S(=O)(=O)O)cc1. The van der Waals surface area contributed by atoms with Gasteiger partial charge in [0.25, 0.3) is 10.1 Å². The summed E-state index contributed by atoms with van der Waals surface area (Å²) in [6.07, 6.45) is 0. The normalized spacial score (nSPS) is 11.1. The maximum absolute atomic E-state index is 10.7. The van der Waals surface area contributed by atoms with Gasteiger partial charge in [0.1, 0.15) is 0 Å². The Morgan fingerprint density at radius 2 is 1.80 bits per heavy atom. The van der Waals surface area contributed by atoms with Crippen molar-refractivity contribution in [2.24, 2.45) is 5.73 Å². The van der Waals surface area contributed by atoms with E-state index in [9.17, 15) is 13.2 Å². The summed E-state index contributed by atoms with van der Waals surface area (Å²) in [4.78, 5) is 10.4. The van der Waals surface area contributed by atoms with Crippen molar-refractivity contribution in [2.75, 3.05) is 4.31 Å². The Morgan fingerprint density at radius 3 is 2.13 bits per heavy atom. The maximum Gasteiger partial charge on any atom is 0.329 e. The molecule has 6 nitrogen and oxygen atoms in total. The van der Waals surface area contributed by atoms with Crippen molar-refractivity contribution >= 4 is 34.7 Å². The number of hydrogen-bond acceptors (Lipinski definition) is 4. The molecule has 1 rings (SSSR count). The topological polar surface area (TPSA) is 101 Å². The molecule has 0 fully saturated rings. The predicted molar refractivity (Wildman–Crippen MR) is 57.3 cm³/mol. The van der Waals surface area contributed by atoms with Crippen molar-refractivity contribution in [2.45, 2.75) is 4.90 Å². The van der Waals surface area contributed by atoms with Crippen LogP contribution >= 0.6 is 12.8 Å². The molecule has 0 saturated carbocycles.